The van der Waals surface area contributed by atoms with E-state index in [4.69, 9.17) is 10.5 Å². The molecule has 0 saturated heterocycles. The maximum Gasteiger partial charge on any atom is 0.119 e. The van der Waals surface area contributed by atoms with Gasteiger partial charge in [0.1, 0.15) is 5.75 Å². The molecule has 0 bridgehead atoms. The number of hydrogen-bond donors (Lipinski definition) is 1. The van der Waals surface area contributed by atoms with Crippen LogP contribution in [0.5, 0.6) is 5.75 Å². The van der Waals surface area contributed by atoms with Gasteiger partial charge in [-0.3, -0.25) is 0 Å². The third-order valence-electron chi connectivity index (χ3n) is 4.08. The molecule has 2 heteroatoms. The van der Waals surface area contributed by atoms with Crippen molar-refractivity contribution in [1.29, 1.82) is 0 Å². The highest BCUT2D eigenvalue weighted by atomic mass is 16.5. The molecular weight excluding hydrogens is 258 g/mol. The molecule has 0 spiro atoms. The Hall–Kier alpha value is -1.80. The molecule has 1 atom stereocenters. The van der Waals surface area contributed by atoms with Gasteiger partial charge in [0, 0.05) is 6.04 Å². The molecule has 0 amide bonds. The van der Waals surface area contributed by atoms with E-state index >= 15 is 0 Å². The van der Waals surface area contributed by atoms with Crippen LogP contribution >= 0.6 is 0 Å². The van der Waals surface area contributed by atoms with E-state index in [2.05, 4.69) is 44.2 Å². The summed E-state index contributed by atoms with van der Waals surface area (Å²) in [5, 5.41) is 0. The molecule has 21 heavy (non-hydrogen) atoms. The highest BCUT2D eigenvalue weighted by Crippen LogP contribution is 2.28. The Bertz CT molecular complexity index is 614. The Morgan fingerprint density at radius 1 is 1.10 bits per heavy atom. The highest BCUT2D eigenvalue weighted by Gasteiger charge is 2.23. The number of nitrogens with two attached hydrogens (primary N) is 1. The quantitative estimate of drug-likeness (QED) is 0.896. The van der Waals surface area contributed by atoms with Crippen LogP contribution in [0.4, 0.5) is 0 Å². The van der Waals surface area contributed by atoms with E-state index in [1.165, 1.54) is 35.1 Å². The van der Waals surface area contributed by atoms with Crippen molar-refractivity contribution in [3.05, 3.63) is 64.7 Å². The average Bonchev–Trinajstić information content (AvgIpc) is 3.27. The third kappa shape index (κ3) is 3.64. The lowest BCUT2D eigenvalue weighted by Gasteiger charge is -2.15. The summed E-state index contributed by atoms with van der Waals surface area (Å²) >= 11 is 0. The molecule has 3 rings (SSSR count). The van der Waals surface area contributed by atoms with Gasteiger partial charge in [-0.05, 0) is 61.9 Å². The Morgan fingerprint density at radius 2 is 1.81 bits per heavy atom. The summed E-state index contributed by atoms with van der Waals surface area (Å²) in [6.07, 6.45) is 3.69. The first-order valence-electron chi connectivity index (χ1n) is 7.70. The van der Waals surface area contributed by atoms with Crippen LogP contribution in [0.25, 0.3) is 0 Å². The Kier molecular flexibility index (Phi) is 3.98. The minimum atomic E-state index is 0.0282. The molecule has 2 N–H and O–H groups in total. The number of hydrogen-bond acceptors (Lipinski definition) is 2. The maximum absolute atomic E-state index is 6.37. The number of benzene rings is 2. The molecule has 1 unspecified atom stereocenters. The van der Waals surface area contributed by atoms with Crippen molar-refractivity contribution >= 4 is 0 Å². The van der Waals surface area contributed by atoms with E-state index < -0.39 is 0 Å². The molecule has 110 valence electrons. The first-order valence-corrected chi connectivity index (χ1v) is 7.70. The topological polar surface area (TPSA) is 35.2 Å². The van der Waals surface area contributed by atoms with E-state index in [1.807, 2.05) is 12.1 Å². The zero-order valence-electron chi connectivity index (χ0n) is 12.8. The van der Waals surface area contributed by atoms with Gasteiger partial charge in [0.05, 0.1) is 6.10 Å². The number of ether oxygens (including phenoxy) is 1. The smallest absolute Gasteiger partial charge is 0.119 e. The third-order valence-corrected chi connectivity index (χ3v) is 4.08. The van der Waals surface area contributed by atoms with E-state index in [0.29, 0.717) is 6.10 Å². The molecular formula is C19H23NO. The lowest BCUT2D eigenvalue weighted by molar-refractivity contribution is 0.303. The van der Waals surface area contributed by atoms with Crippen molar-refractivity contribution in [1.82, 2.24) is 0 Å². The van der Waals surface area contributed by atoms with Crippen molar-refractivity contribution in [2.45, 2.75) is 45.3 Å². The first kappa shape index (κ1) is 14.2. The summed E-state index contributed by atoms with van der Waals surface area (Å²) in [5.41, 5.74) is 11.5. The van der Waals surface area contributed by atoms with Gasteiger partial charge >= 0.3 is 0 Å². The fourth-order valence-electron chi connectivity index (χ4n) is 2.55. The largest absolute Gasteiger partial charge is 0.490 e. The van der Waals surface area contributed by atoms with Crippen molar-refractivity contribution in [2.75, 3.05) is 0 Å². The van der Waals surface area contributed by atoms with E-state index in [0.717, 1.165) is 12.2 Å². The molecule has 0 radical (unpaired) electrons. The van der Waals surface area contributed by atoms with Gasteiger partial charge in [0.15, 0.2) is 0 Å². The van der Waals surface area contributed by atoms with Gasteiger partial charge < -0.3 is 10.5 Å². The van der Waals surface area contributed by atoms with Gasteiger partial charge in [-0.1, -0.05) is 35.9 Å². The second-order valence-electron chi connectivity index (χ2n) is 6.13. The lowest BCUT2D eigenvalue weighted by Crippen LogP contribution is -2.14. The molecule has 1 aliphatic rings. The van der Waals surface area contributed by atoms with E-state index in [-0.39, 0.29) is 6.04 Å². The second kappa shape index (κ2) is 5.90. The molecule has 2 nitrogen and oxygen atoms in total. The standard InChI is InChI=1S/C19H23NO/c1-13-3-4-14(2)16(11-13)12-19(20)15-5-7-17(8-6-15)21-18-9-10-18/h3-8,11,18-19H,9-10,12,20H2,1-2H3. The van der Waals surface area contributed by atoms with Crippen LogP contribution in [0.1, 0.15) is 41.1 Å². The summed E-state index contributed by atoms with van der Waals surface area (Å²) in [5.74, 6) is 0.959. The van der Waals surface area contributed by atoms with Crippen LogP contribution in [0.2, 0.25) is 0 Å². The van der Waals surface area contributed by atoms with Crippen molar-refractivity contribution in [3.63, 3.8) is 0 Å². The van der Waals surface area contributed by atoms with Crippen molar-refractivity contribution < 1.29 is 4.74 Å². The summed E-state index contributed by atoms with van der Waals surface area (Å²) in [7, 11) is 0. The SMILES string of the molecule is Cc1ccc(C)c(CC(N)c2ccc(OC3CC3)cc2)c1. The summed E-state index contributed by atoms with van der Waals surface area (Å²) < 4.78 is 5.77. The summed E-state index contributed by atoms with van der Waals surface area (Å²) in [6.45, 7) is 4.27. The summed E-state index contributed by atoms with van der Waals surface area (Å²) in [6, 6.07) is 14.8. The molecule has 1 saturated carbocycles. The molecule has 1 aliphatic carbocycles. The van der Waals surface area contributed by atoms with Gasteiger partial charge in [0.2, 0.25) is 0 Å². The fraction of sp³-hybridized carbons (Fsp3) is 0.368. The number of rotatable bonds is 5. The Labute approximate surface area is 126 Å². The highest BCUT2D eigenvalue weighted by molar-refractivity contribution is 5.34. The normalized spacial score (nSPS) is 15.8. The second-order valence-corrected chi connectivity index (χ2v) is 6.13. The lowest BCUT2D eigenvalue weighted by atomic mass is 9.95. The molecule has 1 fully saturated rings. The van der Waals surface area contributed by atoms with Crippen LogP contribution in [0.15, 0.2) is 42.5 Å². The van der Waals surface area contributed by atoms with Gasteiger partial charge in [-0.15, -0.1) is 0 Å². The predicted molar refractivity (Wildman–Crippen MR) is 86.6 cm³/mol. The van der Waals surface area contributed by atoms with Gasteiger partial charge in [-0.25, -0.2) is 0 Å². The fourth-order valence-corrected chi connectivity index (χ4v) is 2.55. The van der Waals surface area contributed by atoms with Gasteiger partial charge in [-0.2, -0.15) is 0 Å². The molecule has 2 aromatic rings. The maximum atomic E-state index is 6.37. The predicted octanol–water partition coefficient (Wildman–Crippen LogP) is 4.09. The zero-order chi connectivity index (χ0) is 14.8. The molecule has 0 heterocycles. The summed E-state index contributed by atoms with van der Waals surface area (Å²) in [4.78, 5) is 0. The molecule has 0 aliphatic heterocycles. The first-order chi connectivity index (χ1) is 10.1. The minimum absolute atomic E-state index is 0.0282. The molecule has 2 aromatic carbocycles. The van der Waals surface area contributed by atoms with Crippen LogP contribution in [-0.2, 0) is 6.42 Å². The van der Waals surface area contributed by atoms with E-state index in [9.17, 15) is 0 Å². The van der Waals surface area contributed by atoms with E-state index in [1.54, 1.807) is 0 Å². The van der Waals surface area contributed by atoms with Crippen molar-refractivity contribution in [3.8, 4) is 5.75 Å². The van der Waals surface area contributed by atoms with Gasteiger partial charge in [0.25, 0.3) is 0 Å². The zero-order valence-corrected chi connectivity index (χ0v) is 12.8. The van der Waals surface area contributed by atoms with Crippen molar-refractivity contribution in [2.24, 2.45) is 5.73 Å². The number of aryl methyl sites for hydroxylation is 2. The Morgan fingerprint density at radius 3 is 2.48 bits per heavy atom. The average molecular weight is 281 g/mol. The van der Waals surface area contributed by atoms with Crippen LogP contribution in [0, 0.1) is 13.8 Å². The van der Waals surface area contributed by atoms with Crippen LogP contribution < -0.4 is 10.5 Å². The van der Waals surface area contributed by atoms with Crippen LogP contribution in [-0.4, -0.2) is 6.10 Å². The minimum Gasteiger partial charge on any atom is -0.490 e. The van der Waals surface area contributed by atoms with Crippen LogP contribution in [0.3, 0.4) is 0 Å². The Balaban J connectivity index is 1.69. The monoisotopic (exact) mass is 281 g/mol. The molecule has 0 aromatic heterocycles.